The van der Waals surface area contributed by atoms with Crippen LogP contribution >= 0.6 is 0 Å². The molecule has 2 N–H and O–H groups in total. The molecule has 6 heteroatoms. The van der Waals surface area contributed by atoms with Gasteiger partial charge in [0, 0.05) is 35.2 Å². The molecule has 0 fully saturated rings. The molecule has 1 aliphatic rings. The van der Waals surface area contributed by atoms with Gasteiger partial charge < -0.3 is 15.2 Å². The van der Waals surface area contributed by atoms with Gasteiger partial charge in [0.15, 0.2) is 5.78 Å². The normalized spacial score (nSPS) is 12.2. The largest absolute Gasteiger partial charge is 0.492 e. The lowest BCUT2D eigenvalue weighted by Crippen LogP contribution is -2.15. The fraction of sp³-hybridized carbons (Fsp3) is 0.115. The van der Waals surface area contributed by atoms with Crippen LogP contribution in [0.3, 0.4) is 0 Å². The topological polar surface area (TPSA) is 91.5 Å². The predicted molar refractivity (Wildman–Crippen MR) is 122 cm³/mol. The van der Waals surface area contributed by atoms with Gasteiger partial charge in [-0.3, -0.25) is 14.6 Å². The van der Waals surface area contributed by atoms with E-state index in [4.69, 9.17) is 15.2 Å². The van der Waals surface area contributed by atoms with E-state index in [-0.39, 0.29) is 11.7 Å². The van der Waals surface area contributed by atoms with Crippen LogP contribution in [0.2, 0.25) is 0 Å². The fourth-order valence-electron chi connectivity index (χ4n) is 3.38. The summed E-state index contributed by atoms with van der Waals surface area (Å²) in [4.78, 5) is 26.6. The van der Waals surface area contributed by atoms with E-state index >= 15 is 0 Å². The molecule has 6 nitrogen and oxygen atoms in total. The highest BCUT2D eigenvalue weighted by atomic mass is 16.5. The van der Waals surface area contributed by atoms with Crippen molar-refractivity contribution in [1.29, 1.82) is 0 Å². The van der Waals surface area contributed by atoms with E-state index in [0.29, 0.717) is 42.3 Å². The Balaban J connectivity index is 0.000000230. The molecule has 160 valence electrons. The van der Waals surface area contributed by atoms with E-state index < -0.39 is 0 Å². The molecule has 4 aromatic rings. The van der Waals surface area contributed by atoms with E-state index in [9.17, 15) is 9.59 Å². The molecule has 32 heavy (non-hydrogen) atoms. The Hall–Kier alpha value is -4.19. The van der Waals surface area contributed by atoms with Gasteiger partial charge in [-0.25, -0.2) is 0 Å². The first-order chi connectivity index (χ1) is 15.6. The maximum Gasteiger partial charge on any atom is 0.248 e. The molecular formula is C26H22N2O4. The second-order valence-corrected chi connectivity index (χ2v) is 7.19. The lowest BCUT2D eigenvalue weighted by atomic mass is 10.1. The van der Waals surface area contributed by atoms with E-state index in [0.717, 1.165) is 16.5 Å². The minimum Gasteiger partial charge on any atom is -0.492 e. The number of ketones is 1. The lowest BCUT2D eigenvalue weighted by Gasteiger charge is -2.17. The first-order valence-electron chi connectivity index (χ1n) is 10.2. The second kappa shape index (κ2) is 9.75. The molecule has 0 spiro atoms. The molecule has 0 atom stereocenters. The van der Waals surface area contributed by atoms with Crippen molar-refractivity contribution in [1.82, 2.24) is 4.98 Å². The Labute approximate surface area is 185 Å². The average molecular weight is 426 g/mol. The summed E-state index contributed by atoms with van der Waals surface area (Å²) >= 11 is 0. The minimum atomic E-state index is -0.379. The zero-order chi connectivity index (χ0) is 22.3. The molecule has 1 aromatic heterocycles. The number of Topliss-reactive ketones (excluding diaryl/α,β-unsaturated/α-hetero) is 1. The fourth-order valence-corrected chi connectivity index (χ4v) is 3.38. The van der Waals surface area contributed by atoms with Crippen molar-refractivity contribution in [2.75, 3.05) is 6.61 Å². The highest BCUT2D eigenvalue weighted by molar-refractivity contribution is 5.99. The van der Waals surface area contributed by atoms with Gasteiger partial charge in [-0.1, -0.05) is 36.4 Å². The Morgan fingerprint density at radius 1 is 1.00 bits per heavy atom. The summed E-state index contributed by atoms with van der Waals surface area (Å²) in [6.07, 6.45) is 2.23. The summed E-state index contributed by atoms with van der Waals surface area (Å²) in [6, 6.07) is 24.1. The van der Waals surface area contributed by atoms with Crippen LogP contribution in [0.1, 0.15) is 32.7 Å². The van der Waals surface area contributed by atoms with Gasteiger partial charge in [0.25, 0.3) is 0 Å². The van der Waals surface area contributed by atoms with Crippen LogP contribution in [-0.2, 0) is 6.61 Å². The SMILES string of the molecule is NC(=O)c1ccccc1.O=C1CCOc2cc(OCc3ccnc4ccccc34)ccc21. The Morgan fingerprint density at radius 3 is 2.56 bits per heavy atom. The van der Waals surface area contributed by atoms with Crippen LogP contribution in [0, 0.1) is 0 Å². The van der Waals surface area contributed by atoms with Gasteiger partial charge in [-0.15, -0.1) is 0 Å². The molecule has 1 amide bonds. The number of nitrogens with zero attached hydrogens (tertiary/aromatic N) is 1. The summed E-state index contributed by atoms with van der Waals surface area (Å²) in [5.74, 6) is 1.05. The molecule has 0 unspecified atom stereocenters. The van der Waals surface area contributed by atoms with Crippen LogP contribution in [-0.4, -0.2) is 23.3 Å². The number of para-hydroxylation sites is 1. The summed E-state index contributed by atoms with van der Waals surface area (Å²) in [5.41, 5.74) is 8.19. The average Bonchev–Trinajstić information content (AvgIpc) is 2.84. The highest BCUT2D eigenvalue weighted by Gasteiger charge is 2.18. The molecule has 0 aliphatic carbocycles. The van der Waals surface area contributed by atoms with Crippen LogP contribution in [0.25, 0.3) is 10.9 Å². The summed E-state index contributed by atoms with van der Waals surface area (Å²) < 4.78 is 11.4. The number of ether oxygens (including phenoxy) is 2. The number of fused-ring (bicyclic) bond motifs is 2. The molecule has 0 bridgehead atoms. The zero-order valence-electron chi connectivity index (χ0n) is 17.4. The van der Waals surface area contributed by atoms with Crippen LogP contribution < -0.4 is 15.2 Å². The molecule has 0 radical (unpaired) electrons. The smallest absolute Gasteiger partial charge is 0.248 e. The third-order valence-corrected chi connectivity index (χ3v) is 5.03. The maximum atomic E-state index is 11.8. The molecule has 3 aromatic carbocycles. The Kier molecular flexibility index (Phi) is 6.41. The number of hydrogen-bond acceptors (Lipinski definition) is 5. The van der Waals surface area contributed by atoms with Gasteiger partial charge in [0.05, 0.1) is 17.7 Å². The molecule has 0 saturated carbocycles. The quantitative estimate of drug-likeness (QED) is 0.516. The number of benzene rings is 3. The summed E-state index contributed by atoms with van der Waals surface area (Å²) in [7, 11) is 0. The van der Waals surface area contributed by atoms with Crippen molar-refractivity contribution in [3.05, 3.63) is 102 Å². The third kappa shape index (κ3) is 4.92. The number of nitrogens with two attached hydrogens (primary N) is 1. The Morgan fingerprint density at radius 2 is 1.78 bits per heavy atom. The number of aromatic nitrogens is 1. The number of carbonyl (C=O) groups excluding carboxylic acids is 2. The molecule has 2 heterocycles. The van der Waals surface area contributed by atoms with Crippen molar-refractivity contribution in [2.24, 2.45) is 5.73 Å². The van der Waals surface area contributed by atoms with E-state index in [2.05, 4.69) is 4.98 Å². The Bertz CT molecular complexity index is 1250. The van der Waals surface area contributed by atoms with Crippen LogP contribution in [0.15, 0.2) is 85.1 Å². The van der Waals surface area contributed by atoms with Crippen LogP contribution in [0.5, 0.6) is 11.5 Å². The van der Waals surface area contributed by atoms with Crippen molar-refractivity contribution >= 4 is 22.6 Å². The summed E-state index contributed by atoms with van der Waals surface area (Å²) in [6.45, 7) is 0.875. The number of hydrogen-bond donors (Lipinski definition) is 1. The van der Waals surface area contributed by atoms with Gasteiger partial charge in [-0.2, -0.15) is 0 Å². The predicted octanol–water partition coefficient (Wildman–Crippen LogP) is 4.56. The number of rotatable bonds is 4. The molecule has 5 rings (SSSR count). The number of amides is 1. The number of primary amides is 1. The molecule has 0 saturated heterocycles. The third-order valence-electron chi connectivity index (χ3n) is 5.03. The van der Waals surface area contributed by atoms with Gasteiger partial charge in [0.2, 0.25) is 5.91 Å². The first kappa shape index (κ1) is 21.1. The van der Waals surface area contributed by atoms with Crippen molar-refractivity contribution in [2.45, 2.75) is 13.0 Å². The minimum absolute atomic E-state index is 0.123. The van der Waals surface area contributed by atoms with Gasteiger partial charge in [-0.05, 0) is 36.4 Å². The van der Waals surface area contributed by atoms with E-state index in [1.807, 2.05) is 42.5 Å². The number of carbonyl (C=O) groups is 2. The van der Waals surface area contributed by atoms with Crippen molar-refractivity contribution < 1.29 is 19.1 Å². The highest BCUT2D eigenvalue weighted by Crippen LogP contribution is 2.29. The van der Waals surface area contributed by atoms with Crippen molar-refractivity contribution in [3.63, 3.8) is 0 Å². The maximum absolute atomic E-state index is 11.8. The van der Waals surface area contributed by atoms with E-state index in [1.54, 1.807) is 42.6 Å². The molecule has 1 aliphatic heterocycles. The number of pyridine rings is 1. The zero-order valence-corrected chi connectivity index (χ0v) is 17.4. The standard InChI is InChI=1S/C19H15NO3.C7H7NO/c21-18-8-10-22-19-11-14(5-6-16(18)19)23-12-13-7-9-20-17-4-2-1-3-15(13)17;8-7(9)6-4-2-1-3-5-6/h1-7,9,11H,8,10,12H2;1-5H,(H2,8,9). The van der Waals surface area contributed by atoms with E-state index in [1.165, 1.54) is 0 Å². The second-order valence-electron chi connectivity index (χ2n) is 7.19. The lowest BCUT2D eigenvalue weighted by molar-refractivity contribution is 0.0932. The summed E-state index contributed by atoms with van der Waals surface area (Å²) in [5, 5.41) is 1.08. The molecular weight excluding hydrogens is 404 g/mol. The van der Waals surface area contributed by atoms with Crippen LogP contribution in [0.4, 0.5) is 0 Å². The van der Waals surface area contributed by atoms with Gasteiger partial charge in [0.1, 0.15) is 18.1 Å². The van der Waals surface area contributed by atoms with Gasteiger partial charge >= 0.3 is 0 Å². The monoisotopic (exact) mass is 426 g/mol. The van der Waals surface area contributed by atoms with Crippen molar-refractivity contribution in [3.8, 4) is 11.5 Å². The first-order valence-corrected chi connectivity index (χ1v) is 10.2.